The Balaban J connectivity index is 0.000000253. The number of hydrogen-bond acceptors (Lipinski definition) is 2. The standard InChI is InChI=1S/C17H14O.C17H13O.Pd/c2*18-17(13-11-15-7-3-1-4-8-15)14-12-16-9-5-2-6-10-16;/h1-14H;1-5,7-14H;/q;-1;. The first-order chi connectivity index (χ1) is 17.7. The minimum absolute atomic E-state index is 0. The summed E-state index contributed by atoms with van der Waals surface area (Å²) in [5, 5.41) is 0. The monoisotopic (exact) mass is 573 g/mol. The largest absolute Gasteiger partial charge is 0.290 e. The fourth-order valence-corrected chi connectivity index (χ4v) is 3.03. The van der Waals surface area contributed by atoms with Crippen LogP contribution in [0.3, 0.4) is 0 Å². The van der Waals surface area contributed by atoms with E-state index in [4.69, 9.17) is 0 Å². The van der Waals surface area contributed by atoms with E-state index in [2.05, 4.69) is 6.07 Å². The zero-order valence-corrected chi connectivity index (χ0v) is 21.8. The number of carbonyl (C=O) groups is 2. The summed E-state index contributed by atoms with van der Waals surface area (Å²) in [7, 11) is 0. The number of ketones is 2. The normalized spacial score (nSPS) is 10.8. The Labute approximate surface area is 233 Å². The van der Waals surface area contributed by atoms with Gasteiger partial charge in [0, 0.05) is 20.4 Å². The zero-order chi connectivity index (χ0) is 25.3. The maximum Gasteiger partial charge on any atom is 0.178 e. The number of carbonyl (C=O) groups excluding carboxylic acids is 2. The van der Waals surface area contributed by atoms with Gasteiger partial charge in [0.25, 0.3) is 0 Å². The summed E-state index contributed by atoms with van der Waals surface area (Å²) < 4.78 is 0. The van der Waals surface area contributed by atoms with Crippen molar-refractivity contribution in [3.63, 3.8) is 0 Å². The number of benzene rings is 4. The molecule has 0 aliphatic carbocycles. The van der Waals surface area contributed by atoms with Gasteiger partial charge in [0.15, 0.2) is 11.6 Å². The molecule has 0 aliphatic rings. The third-order valence-corrected chi connectivity index (χ3v) is 4.89. The van der Waals surface area contributed by atoms with Crippen molar-refractivity contribution in [1.29, 1.82) is 0 Å². The van der Waals surface area contributed by atoms with Gasteiger partial charge < -0.3 is 0 Å². The van der Waals surface area contributed by atoms with Crippen molar-refractivity contribution in [2.75, 3.05) is 0 Å². The molecule has 0 saturated carbocycles. The van der Waals surface area contributed by atoms with Crippen LogP contribution < -0.4 is 0 Å². The average Bonchev–Trinajstić information content (AvgIpc) is 2.95. The molecule has 0 aromatic heterocycles. The Hall–Kier alpha value is -4.16. The molecule has 0 unspecified atom stereocenters. The minimum Gasteiger partial charge on any atom is -0.290 e. The molecule has 3 heteroatoms. The Morgan fingerprint density at radius 1 is 0.459 bits per heavy atom. The summed E-state index contributed by atoms with van der Waals surface area (Å²) in [6.07, 6.45) is 13.5. The zero-order valence-electron chi connectivity index (χ0n) is 20.2. The first-order valence-electron chi connectivity index (χ1n) is 11.6. The first-order valence-corrected chi connectivity index (χ1v) is 11.6. The molecule has 4 aromatic carbocycles. The summed E-state index contributed by atoms with van der Waals surface area (Å²) in [6, 6.07) is 39.8. The molecule has 0 fully saturated rings. The van der Waals surface area contributed by atoms with Crippen LogP contribution in [0.4, 0.5) is 0 Å². The second kappa shape index (κ2) is 17.3. The summed E-state index contributed by atoms with van der Waals surface area (Å²) in [5.41, 5.74) is 4.05. The summed E-state index contributed by atoms with van der Waals surface area (Å²) >= 11 is 0. The maximum atomic E-state index is 11.6. The van der Waals surface area contributed by atoms with Crippen molar-refractivity contribution in [3.05, 3.63) is 168 Å². The third kappa shape index (κ3) is 12.4. The molecule has 0 saturated heterocycles. The van der Waals surface area contributed by atoms with Crippen molar-refractivity contribution >= 4 is 35.9 Å². The van der Waals surface area contributed by atoms with Gasteiger partial charge >= 0.3 is 0 Å². The van der Waals surface area contributed by atoms with Gasteiger partial charge in [-0.05, 0) is 41.0 Å². The molecule has 186 valence electrons. The maximum absolute atomic E-state index is 11.6. The van der Waals surface area contributed by atoms with E-state index in [-0.39, 0.29) is 32.0 Å². The molecule has 4 aromatic rings. The summed E-state index contributed by atoms with van der Waals surface area (Å²) in [6.45, 7) is 0. The number of allylic oxidation sites excluding steroid dienone is 4. The molecule has 2 nitrogen and oxygen atoms in total. The second-order valence-corrected chi connectivity index (χ2v) is 7.71. The second-order valence-electron chi connectivity index (χ2n) is 7.71. The predicted octanol–water partition coefficient (Wildman–Crippen LogP) is 7.76. The minimum atomic E-state index is -0.0253. The van der Waals surface area contributed by atoms with E-state index in [1.165, 1.54) is 0 Å². The third-order valence-electron chi connectivity index (χ3n) is 4.89. The first kappa shape index (κ1) is 29.1. The Bertz CT molecular complexity index is 1110. The van der Waals surface area contributed by atoms with Gasteiger partial charge in [-0.3, -0.25) is 9.59 Å². The van der Waals surface area contributed by atoms with E-state index in [9.17, 15) is 9.59 Å². The quantitative estimate of drug-likeness (QED) is 0.123. The van der Waals surface area contributed by atoms with Crippen molar-refractivity contribution in [2.24, 2.45) is 0 Å². The summed E-state index contributed by atoms with van der Waals surface area (Å²) in [4.78, 5) is 23.2. The Morgan fingerprint density at radius 3 is 1.11 bits per heavy atom. The van der Waals surface area contributed by atoms with E-state index in [1.807, 2.05) is 133 Å². The van der Waals surface area contributed by atoms with Crippen LogP contribution in [0.2, 0.25) is 0 Å². The van der Waals surface area contributed by atoms with Gasteiger partial charge in [-0.2, -0.15) is 30.3 Å². The number of hydrogen-bond donors (Lipinski definition) is 0. The van der Waals surface area contributed by atoms with E-state index >= 15 is 0 Å². The molecule has 37 heavy (non-hydrogen) atoms. The van der Waals surface area contributed by atoms with E-state index < -0.39 is 0 Å². The molecule has 0 N–H and O–H groups in total. The van der Waals surface area contributed by atoms with Gasteiger partial charge in [0.2, 0.25) is 0 Å². The van der Waals surface area contributed by atoms with Gasteiger partial charge in [-0.1, -0.05) is 109 Å². The molecule has 0 radical (unpaired) electrons. The smallest absolute Gasteiger partial charge is 0.178 e. The van der Waals surface area contributed by atoms with Crippen LogP contribution in [0.5, 0.6) is 0 Å². The summed E-state index contributed by atoms with van der Waals surface area (Å²) in [5.74, 6) is -0.0367. The molecule has 0 aliphatic heterocycles. The Kier molecular flexibility index (Phi) is 13.6. The SMILES string of the molecule is O=C(C=Cc1c[c-]ccc1)C=Cc1ccccc1.O=C(C=Cc1ccccc1)C=Cc1ccccc1.[Pd]. The van der Waals surface area contributed by atoms with Crippen molar-refractivity contribution in [3.8, 4) is 0 Å². The van der Waals surface area contributed by atoms with E-state index in [1.54, 1.807) is 30.4 Å². The van der Waals surface area contributed by atoms with Gasteiger partial charge in [-0.25, -0.2) is 0 Å². The molecule has 4 rings (SSSR count). The van der Waals surface area contributed by atoms with Crippen LogP contribution in [-0.2, 0) is 30.0 Å². The molecule has 0 heterocycles. The molecular formula is C34H27O2Pd-. The molecule has 0 bridgehead atoms. The van der Waals surface area contributed by atoms with Crippen LogP contribution >= 0.6 is 0 Å². The van der Waals surface area contributed by atoms with Gasteiger partial charge in [0.1, 0.15) is 0 Å². The van der Waals surface area contributed by atoms with E-state index in [0.717, 1.165) is 22.3 Å². The Morgan fingerprint density at radius 2 is 0.784 bits per heavy atom. The van der Waals surface area contributed by atoms with E-state index in [0.29, 0.717) is 0 Å². The predicted molar refractivity (Wildman–Crippen MR) is 151 cm³/mol. The molecule has 0 spiro atoms. The van der Waals surface area contributed by atoms with Crippen molar-refractivity contribution in [1.82, 2.24) is 0 Å². The molecule has 0 atom stereocenters. The topological polar surface area (TPSA) is 34.1 Å². The van der Waals surface area contributed by atoms with Crippen LogP contribution in [0.1, 0.15) is 22.3 Å². The van der Waals surface area contributed by atoms with Crippen molar-refractivity contribution < 1.29 is 30.0 Å². The van der Waals surface area contributed by atoms with Crippen LogP contribution in [-0.4, -0.2) is 11.6 Å². The molecular weight excluding hydrogens is 547 g/mol. The fraction of sp³-hybridized carbons (Fsp3) is 0. The van der Waals surface area contributed by atoms with Gasteiger partial charge in [0.05, 0.1) is 0 Å². The van der Waals surface area contributed by atoms with Crippen LogP contribution in [0, 0.1) is 6.07 Å². The van der Waals surface area contributed by atoms with Gasteiger partial charge in [-0.15, -0.1) is 11.6 Å². The molecule has 0 amide bonds. The van der Waals surface area contributed by atoms with Crippen LogP contribution in [0.15, 0.2) is 140 Å². The fourth-order valence-electron chi connectivity index (χ4n) is 3.03. The average molecular weight is 574 g/mol. The van der Waals surface area contributed by atoms with Crippen LogP contribution in [0.25, 0.3) is 24.3 Å². The van der Waals surface area contributed by atoms with Crippen molar-refractivity contribution in [2.45, 2.75) is 0 Å². The number of rotatable bonds is 8.